The van der Waals surface area contributed by atoms with Crippen molar-refractivity contribution in [3.05, 3.63) is 34.9 Å². The quantitative estimate of drug-likeness (QED) is 0.812. The molecular weight excluding hydrogens is 272 g/mol. The van der Waals surface area contributed by atoms with E-state index in [0.29, 0.717) is 6.07 Å². The lowest BCUT2D eigenvalue weighted by atomic mass is 9.94. The van der Waals surface area contributed by atoms with Gasteiger partial charge >= 0.3 is 17.9 Å². The summed E-state index contributed by atoms with van der Waals surface area (Å²) in [6.45, 7) is -2.02. The summed E-state index contributed by atoms with van der Waals surface area (Å²) in [6, 6.07) is 2.18. The third kappa shape index (κ3) is 2.67. The van der Waals surface area contributed by atoms with Crippen molar-refractivity contribution in [1.29, 1.82) is 0 Å². The summed E-state index contributed by atoms with van der Waals surface area (Å²) >= 11 is 0. The summed E-state index contributed by atoms with van der Waals surface area (Å²) < 4.78 is 52.0. The molecule has 19 heavy (non-hydrogen) atoms. The highest BCUT2D eigenvalue weighted by Crippen LogP contribution is 2.37. The summed E-state index contributed by atoms with van der Waals surface area (Å²) in [4.78, 5) is 21.7. The van der Waals surface area contributed by atoms with Crippen LogP contribution in [0.2, 0.25) is 0 Å². The van der Waals surface area contributed by atoms with E-state index in [1.165, 1.54) is 0 Å². The SMILES string of the molecule is O=C(O)c1cccc(C(F)(F)C(F)CF)c1C(=O)O. The van der Waals surface area contributed by atoms with Crippen molar-refractivity contribution in [3.8, 4) is 0 Å². The minimum absolute atomic E-state index is 0.554. The van der Waals surface area contributed by atoms with Gasteiger partial charge in [-0.1, -0.05) is 12.1 Å². The van der Waals surface area contributed by atoms with Crippen molar-refractivity contribution in [2.24, 2.45) is 0 Å². The lowest BCUT2D eigenvalue weighted by molar-refractivity contribution is -0.0863. The second-order valence-electron chi connectivity index (χ2n) is 3.58. The van der Waals surface area contributed by atoms with Crippen molar-refractivity contribution < 1.29 is 37.4 Å². The molecule has 4 nitrogen and oxygen atoms in total. The van der Waals surface area contributed by atoms with Crippen molar-refractivity contribution in [3.63, 3.8) is 0 Å². The number of rotatable bonds is 5. The largest absolute Gasteiger partial charge is 0.478 e. The van der Waals surface area contributed by atoms with Crippen molar-refractivity contribution in [2.75, 3.05) is 6.67 Å². The van der Waals surface area contributed by atoms with Gasteiger partial charge in [-0.05, 0) is 6.07 Å². The van der Waals surface area contributed by atoms with E-state index in [-0.39, 0.29) is 0 Å². The van der Waals surface area contributed by atoms with Gasteiger partial charge in [0.15, 0.2) is 6.17 Å². The fraction of sp³-hybridized carbons (Fsp3) is 0.273. The van der Waals surface area contributed by atoms with Gasteiger partial charge in [-0.2, -0.15) is 8.78 Å². The van der Waals surface area contributed by atoms with E-state index in [0.717, 1.165) is 12.1 Å². The normalized spacial score (nSPS) is 13.1. The Hall–Kier alpha value is -2.12. The predicted molar refractivity (Wildman–Crippen MR) is 55.1 cm³/mol. The maximum absolute atomic E-state index is 13.5. The molecule has 0 aromatic heterocycles. The molecule has 1 aromatic carbocycles. The number of halogens is 4. The van der Waals surface area contributed by atoms with Crippen LogP contribution in [0.4, 0.5) is 17.6 Å². The van der Waals surface area contributed by atoms with Gasteiger partial charge in [-0.3, -0.25) is 0 Å². The summed E-state index contributed by atoms with van der Waals surface area (Å²) in [5, 5.41) is 17.5. The first-order chi connectivity index (χ1) is 8.73. The van der Waals surface area contributed by atoms with E-state index >= 15 is 0 Å². The Bertz CT molecular complexity index is 515. The van der Waals surface area contributed by atoms with Crippen LogP contribution in [0, 0.1) is 0 Å². The lowest BCUT2D eigenvalue weighted by Gasteiger charge is -2.21. The van der Waals surface area contributed by atoms with Gasteiger partial charge in [0.2, 0.25) is 0 Å². The van der Waals surface area contributed by atoms with E-state index < -0.39 is 47.4 Å². The number of aromatic carboxylic acids is 2. The Morgan fingerprint density at radius 2 is 1.79 bits per heavy atom. The molecule has 1 rings (SSSR count). The van der Waals surface area contributed by atoms with Crippen molar-refractivity contribution in [2.45, 2.75) is 12.1 Å². The minimum atomic E-state index is -4.44. The molecule has 0 saturated carbocycles. The number of carbonyl (C=O) groups is 2. The third-order valence-electron chi connectivity index (χ3n) is 2.40. The summed E-state index contributed by atoms with van der Waals surface area (Å²) in [6.07, 6.45) is -3.25. The number of hydrogen-bond donors (Lipinski definition) is 2. The highest BCUT2D eigenvalue weighted by atomic mass is 19.3. The first-order valence-corrected chi connectivity index (χ1v) is 4.91. The topological polar surface area (TPSA) is 74.6 Å². The van der Waals surface area contributed by atoms with Gasteiger partial charge in [0.25, 0.3) is 0 Å². The maximum Gasteiger partial charge on any atom is 0.337 e. The molecule has 1 atom stereocenters. The summed E-state index contributed by atoms with van der Waals surface area (Å²) in [5.41, 5.74) is -3.54. The second-order valence-corrected chi connectivity index (χ2v) is 3.58. The fourth-order valence-electron chi connectivity index (χ4n) is 1.50. The van der Waals surface area contributed by atoms with E-state index in [1.54, 1.807) is 0 Å². The molecule has 2 N–H and O–H groups in total. The van der Waals surface area contributed by atoms with Crippen LogP contribution in [0.1, 0.15) is 26.3 Å². The smallest absolute Gasteiger partial charge is 0.337 e. The molecule has 0 fully saturated rings. The second kappa shape index (κ2) is 5.25. The molecule has 0 radical (unpaired) electrons. The van der Waals surface area contributed by atoms with E-state index in [9.17, 15) is 27.2 Å². The van der Waals surface area contributed by atoms with Crippen LogP contribution in [0.25, 0.3) is 0 Å². The van der Waals surface area contributed by atoms with Crippen LogP contribution >= 0.6 is 0 Å². The molecular formula is C11H8F4O4. The molecule has 1 unspecified atom stereocenters. The van der Waals surface area contributed by atoms with Gasteiger partial charge < -0.3 is 10.2 Å². The highest BCUT2D eigenvalue weighted by Gasteiger charge is 2.45. The van der Waals surface area contributed by atoms with E-state index in [2.05, 4.69) is 0 Å². The van der Waals surface area contributed by atoms with Gasteiger partial charge in [-0.25, -0.2) is 18.4 Å². The van der Waals surface area contributed by atoms with Crippen LogP contribution in [0.5, 0.6) is 0 Å². The fourth-order valence-corrected chi connectivity index (χ4v) is 1.50. The third-order valence-corrected chi connectivity index (χ3v) is 2.40. The van der Waals surface area contributed by atoms with Gasteiger partial charge in [0, 0.05) is 5.56 Å². The molecule has 8 heteroatoms. The molecule has 0 bridgehead atoms. The first kappa shape index (κ1) is 14.9. The Kier molecular flexibility index (Phi) is 4.13. The number of alkyl halides is 4. The van der Waals surface area contributed by atoms with Crippen LogP contribution in [0.15, 0.2) is 18.2 Å². The minimum Gasteiger partial charge on any atom is -0.478 e. The van der Waals surface area contributed by atoms with E-state index in [1.807, 2.05) is 0 Å². The molecule has 0 saturated heterocycles. The number of carboxylic acids is 2. The summed E-state index contributed by atoms with van der Waals surface area (Å²) in [7, 11) is 0. The molecule has 104 valence electrons. The highest BCUT2D eigenvalue weighted by molar-refractivity contribution is 6.02. The molecule has 0 amide bonds. The Morgan fingerprint density at radius 3 is 2.21 bits per heavy atom. The zero-order chi connectivity index (χ0) is 14.8. The number of carboxylic acid groups (broad SMARTS) is 2. The average Bonchev–Trinajstić information content (AvgIpc) is 2.36. The van der Waals surface area contributed by atoms with Crippen LogP contribution in [0.3, 0.4) is 0 Å². The number of hydrogen-bond acceptors (Lipinski definition) is 2. The molecule has 0 aliphatic heterocycles. The molecule has 0 heterocycles. The molecule has 0 aliphatic rings. The summed E-state index contributed by atoms with van der Waals surface area (Å²) in [5.74, 6) is -8.15. The molecule has 0 spiro atoms. The van der Waals surface area contributed by atoms with Crippen LogP contribution < -0.4 is 0 Å². The Morgan fingerprint density at radius 1 is 1.21 bits per heavy atom. The molecule has 1 aromatic rings. The lowest BCUT2D eigenvalue weighted by Crippen LogP contribution is -2.31. The molecule has 0 aliphatic carbocycles. The van der Waals surface area contributed by atoms with Crippen LogP contribution in [-0.2, 0) is 5.92 Å². The number of benzene rings is 1. The van der Waals surface area contributed by atoms with E-state index in [4.69, 9.17) is 10.2 Å². The zero-order valence-corrected chi connectivity index (χ0v) is 9.24. The van der Waals surface area contributed by atoms with Gasteiger partial charge in [-0.15, -0.1) is 0 Å². The van der Waals surface area contributed by atoms with Crippen molar-refractivity contribution in [1.82, 2.24) is 0 Å². The Labute approximate surface area is 104 Å². The zero-order valence-electron chi connectivity index (χ0n) is 9.24. The van der Waals surface area contributed by atoms with Crippen LogP contribution in [-0.4, -0.2) is 35.0 Å². The van der Waals surface area contributed by atoms with Gasteiger partial charge in [0.1, 0.15) is 6.67 Å². The predicted octanol–water partition coefficient (Wildman–Crippen LogP) is 2.48. The first-order valence-electron chi connectivity index (χ1n) is 4.91. The monoisotopic (exact) mass is 280 g/mol. The Balaban J connectivity index is 3.56. The van der Waals surface area contributed by atoms with Crippen molar-refractivity contribution >= 4 is 11.9 Å². The maximum atomic E-state index is 13.5. The average molecular weight is 280 g/mol. The van der Waals surface area contributed by atoms with Gasteiger partial charge in [0.05, 0.1) is 11.1 Å². The standard InChI is InChI=1S/C11H8F4O4/c12-4-7(13)11(14,15)6-3-1-2-5(9(16)17)8(6)10(18)19/h1-3,7H,4H2,(H,16,17)(H,18,19).